The second-order valence-electron chi connectivity index (χ2n) is 2.85. The molecule has 1 aromatic rings. The van der Waals surface area contributed by atoms with E-state index in [-0.39, 0.29) is 11.9 Å². The minimum Gasteiger partial charge on any atom is -0.313 e. The van der Waals surface area contributed by atoms with E-state index in [1.165, 1.54) is 12.1 Å². The van der Waals surface area contributed by atoms with Crippen LogP contribution in [0.3, 0.4) is 0 Å². The first-order valence-electron chi connectivity index (χ1n) is 4.06. The molecule has 13 heavy (non-hydrogen) atoms. The van der Waals surface area contributed by atoms with Gasteiger partial charge in [0.25, 0.3) is 0 Å². The first kappa shape index (κ1) is 9.69. The lowest BCUT2D eigenvalue weighted by molar-refractivity contribution is 0.617. The Bertz CT molecular complexity index is 341. The molecule has 1 rings (SSSR count). The lowest BCUT2D eigenvalue weighted by atomic mass is 10.0. The van der Waals surface area contributed by atoms with E-state index in [0.717, 1.165) is 5.56 Å². The van der Waals surface area contributed by atoms with Gasteiger partial charge in [-0.05, 0) is 31.7 Å². The SMILES string of the molecule is CN[C@H](C)c1ccc(F)cc1C#N. The molecule has 1 aromatic carbocycles. The third-order valence-corrected chi connectivity index (χ3v) is 2.04. The van der Waals surface area contributed by atoms with Crippen LogP contribution in [0, 0.1) is 17.1 Å². The smallest absolute Gasteiger partial charge is 0.124 e. The van der Waals surface area contributed by atoms with E-state index in [0.29, 0.717) is 5.56 Å². The fourth-order valence-corrected chi connectivity index (χ4v) is 1.16. The number of rotatable bonds is 2. The molecule has 0 aromatic heterocycles. The molecular weight excluding hydrogens is 167 g/mol. The molecule has 1 N–H and O–H groups in total. The van der Waals surface area contributed by atoms with Gasteiger partial charge in [-0.25, -0.2) is 4.39 Å². The predicted octanol–water partition coefficient (Wildman–Crippen LogP) is 1.98. The summed E-state index contributed by atoms with van der Waals surface area (Å²) in [5.74, 6) is -0.372. The average Bonchev–Trinajstić information content (AvgIpc) is 2.16. The number of nitrogens with zero attached hydrogens (tertiary/aromatic N) is 1. The Morgan fingerprint density at radius 2 is 2.23 bits per heavy atom. The van der Waals surface area contributed by atoms with Gasteiger partial charge in [-0.3, -0.25) is 0 Å². The van der Waals surface area contributed by atoms with Crippen LogP contribution in [0.25, 0.3) is 0 Å². The molecule has 68 valence electrons. The van der Waals surface area contributed by atoms with Crippen molar-refractivity contribution in [1.29, 1.82) is 5.26 Å². The Hall–Kier alpha value is -1.40. The largest absolute Gasteiger partial charge is 0.313 e. The van der Waals surface area contributed by atoms with Gasteiger partial charge in [0.2, 0.25) is 0 Å². The maximum Gasteiger partial charge on any atom is 0.124 e. The molecule has 2 nitrogen and oxygen atoms in total. The van der Waals surface area contributed by atoms with Gasteiger partial charge in [-0.1, -0.05) is 6.07 Å². The van der Waals surface area contributed by atoms with E-state index in [4.69, 9.17) is 5.26 Å². The van der Waals surface area contributed by atoms with Crippen molar-refractivity contribution in [3.05, 3.63) is 35.1 Å². The van der Waals surface area contributed by atoms with E-state index in [1.54, 1.807) is 13.1 Å². The van der Waals surface area contributed by atoms with Gasteiger partial charge >= 0.3 is 0 Å². The Labute approximate surface area is 77.0 Å². The van der Waals surface area contributed by atoms with Gasteiger partial charge in [0.1, 0.15) is 5.82 Å². The van der Waals surface area contributed by atoms with Gasteiger partial charge in [0.05, 0.1) is 11.6 Å². The number of nitrogens with one attached hydrogen (secondary N) is 1. The van der Waals surface area contributed by atoms with Crippen molar-refractivity contribution in [2.24, 2.45) is 0 Å². The van der Waals surface area contributed by atoms with Crippen LogP contribution in [-0.2, 0) is 0 Å². The lowest BCUT2D eigenvalue weighted by Gasteiger charge is -2.11. The normalized spacial score (nSPS) is 12.2. The zero-order valence-corrected chi connectivity index (χ0v) is 7.63. The zero-order chi connectivity index (χ0) is 9.84. The summed E-state index contributed by atoms with van der Waals surface area (Å²) in [6.45, 7) is 1.92. The highest BCUT2D eigenvalue weighted by Gasteiger charge is 2.08. The highest BCUT2D eigenvalue weighted by atomic mass is 19.1. The van der Waals surface area contributed by atoms with Crippen LogP contribution < -0.4 is 5.32 Å². The molecular formula is C10H11FN2. The molecule has 0 aliphatic heterocycles. The van der Waals surface area contributed by atoms with Gasteiger partial charge in [-0.2, -0.15) is 5.26 Å². The fraction of sp³-hybridized carbons (Fsp3) is 0.300. The Morgan fingerprint density at radius 3 is 2.77 bits per heavy atom. The lowest BCUT2D eigenvalue weighted by Crippen LogP contribution is -2.13. The van der Waals surface area contributed by atoms with Crippen molar-refractivity contribution in [1.82, 2.24) is 5.32 Å². The van der Waals surface area contributed by atoms with Crippen LogP contribution in [0.1, 0.15) is 24.1 Å². The van der Waals surface area contributed by atoms with Crippen molar-refractivity contribution in [2.75, 3.05) is 7.05 Å². The highest BCUT2D eigenvalue weighted by molar-refractivity contribution is 5.39. The van der Waals surface area contributed by atoms with Crippen LogP contribution in [0.15, 0.2) is 18.2 Å². The van der Waals surface area contributed by atoms with Crippen molar-refractivity contribution >= 4 is 0 Å². The summed E-state index contributed by atoms with van der Waals surface area (Å²) in [5.41, 5.74) is 1.22. The molecule has 0 amide bonds. The summed E-state index contributed by atoms with van der Waals surface area (Å²) in [5, 5.41) is 11.7. The van der Waals surface area contributed by atoms with E-state index in [9.17, 15) is 4.39 Å². The molecule has 0 unspecified atom stereocenters. The van der Waals surface area contributed by atoms with Crippen LogP contribution >= 0.6 is 0 Å². The van der Waals surface area contributed by atoms with E-state index in [1.807, 2.05) is 13.0 Å². The van der Waals surface area contributed by atoms with E-state index in [2.05, 4.69) is 5.32 Å². The number of hydrogen-bond donors (Lipinski definition) is 1. The number of nitriles is 1. The summed E-state index contributed by atoms with van der Waals surface area (Å²) < 4.78 is 12.7. The number of hydrogen-bond acceptors (Lipinski definition) is 2. The van der Waals surface area contributed by atoms with Crippen molar-refractivity contribution in [3.63, 3.8) is 0 Å². The second kappa shape index (κ2) is 4.01. The maximum atomic E-state index is 12.7. The summed E-state index contributed by atoms with van der Waals surface area (Å²) in [6.07, 6.45) is 0. The van der Waals surface area contributed by atoms with Gasteiger partial charge in [-0.15, -0.1) is 0 Å². The third-order valence-electron chi connectivity index (χ3n) is 2.04. The van der Waals surface area contributed by atoms with Crippen LogP contribution in [0.5, 0.6) is 0 Å². The van der Waals surface area contributed by atoms with Crippen molar-refractivity contribution in [3.8, 4) is 6.07 Å². The van der Waals surface area contributed by atoms with E-state index >= 15 is 0 Å². The fourth-order valence-electron chi connectivity index (χ4n) is 1.16. The van der Waals surface area contributed by atoms with E-state index < -0.39 is 0 Å². The van der Waals surface area contributed by atoms with Crippen molar-refractivity contribution in [2.45, 2.75) is 13.0 Å². The summed E-state index contributed by atoms with van der Waals surface area (Å²) >= 11 is 0. The molecule has 0 saturated carbocycles. The molecule has 0 heterocycles. The molecule has 0 spiro atoms. The number of benzene rings is 1. The Kier molecular flexibility index (Phi) is 2.99. The molecule has 0 bridgehead atoms. The number of halogens is 1. The topological polar surface area (TPSA) is 35.8 Å². The Morgan fingerprint density at radius 1 is 1.54 bits per heavy atom. The quantitative estimate of drug-likeness (QED) is 0.751. The van der Waals surface area contributed by atoms with Gasteiger partial charge in [0.15, 0.2) is 0 Å². The summed E-state index contributed by atoms with van der Waals surface area (Å²) in [4.78, 5) is 0. The van der Waals surface area contributed by atoms with Crippen LogP contribution in [0.2, 0.25) is 0 Å². The minimum absolute atomic E-state index is 0.0650. The second-order valence-corrected chi connectivity index (χ2v) is 2.85. The maximum absolute atomic E-state index is 12.7. The monoisotopic (exact) mass is 178 g/mol. The molecule has 0 fully saturated rings. The zero-order valence-electron chi connectivity index (χ0n) is 7.63. The molecule has 0 saturated heterocycles. The summed E-state index contributed by atoms with van der Waals surface area (Å²) in [6, 6.07) is 6.29. The minimum atomic E-state index is -0.372. The summed E-state index contributed by atoms with van der Waals surface area (Å²) in [7, 11) is 1.80. The molecule has 1 atom stereocenters. The first-order valence-corrected chi connectivity index (χ1v) is 4.06. The van der Waals surface area contributed by atoms with Crippen LogP contribution in [0.4, 0.5) is 4.39 Å². The molecule has 3 heteroatoms. The molecule has 0 aliphatic carbocycles. The molecule has 0 radical (unpaired) electrons. The van der Waals surface area contributed by atoms with Crippen LogP contribution in [-0.4, -0.2) is 7.05 Å². The average molecular weight is 178 g/mol. The predicted molar refractivity (Wildman–Crippen MR) is 48.6 cm³/mol. The highest BCUT2D eigenvalue weighted by Crippen LogP contribution is 2.17. The molecule has 0 aliphatic rings. The first-order chi connectivity index (χ1) is 6.19. The van der Waals surface area contributed by atoms with Gasteiger partial charge < -0.3 is 5.32 Å². The standard InChI is InChI=1S/C10H11FN2/c1-7(13-2)10-4-3-9(11)5-8(10)6-12/h3-5,7,13H,1-2H3/t7-/m1/s1. The van der Waals surface area contributed by atoms with Gasteiger partial charge in [0, 0.05) is 6.04 Å². The third kappa shape index (κ3) is 2.04. The Balaban J connectivity index is 3.15. The van der Waals surface area contributed by atoms with Crippen molar-refractivity contribution < 1.29 is 4.39 Å².